The van der Waals surface area contributed by atoms with Gasteiger partial charge in [0.15, 0.2) is 0 Å². The maximum absolute atomic E-state index is 13.4. The Hall–Kier alpha value is -2.74. The van der Waals surface area contributed by atoms with Gasteiger partial charge in [0.05, 0.1) is 29.4 Å². The van der Waals surface area contributed by atoms with E-state index >= 15 is 0 Å². The summed E-state index contributed by atoms with van der Waals surface area (Å²) in [5.41, 5.74) is 1.69. The quantitative estimate of drug-likeness (QED) is 0.789. The van der Waals surface area contributed by atoms with Gasteiger partial charge in [0, 0.05) is 13.0 Å². The van der Waals surface area contributed by atoms with E-state index in [2.05, 4.69) is 0 Å². The number of rotatable bonds is 2. The van der Waals surface area contributed by atoms with Gasteiger partial charge in [-0.15, -0.1) is 0 Å². The first-order valence-electron chi connectivity index (χ1n) is 8.70. The lowest BCUT2D eigenvalue weighted by Gasteiger charge is -2.32. The number of amides is 1. The van der Waals surface area contributed by atoms with Gasteiger partial charge in [-0.05, 0) is 30.7 Å². The van der Waals surface area contributed by atoms with Crippen LogP contribution >= 0.6 is 0 Å². The lowest BCUT2D eigenvalue weighted by Crippen LogP contribution is -2.39. The normalized spacial score (nSPS) is 16.1. The standard InChI is InChI=1S/C19H20N2O5S/c1-13-11-16-18(26-9-7-20(16)14(2)22)12-19(13)27(23,24)21-8-10-25-17-6-4-3-5-15(17)21/h3-6,11-12H,7-10H2,1-2H3. The van der Waals surface area contributed by atoms with E-state index in [1.165, 1.54) is 17.3 Å². The number of carbonyl (C=O) groups is 1. The summed E-state index contributed by atoms with van der Waals surface area (Å²) in [4.78, 5) is 13.6. The van der Waals surface area contributed by atoms with Crippen LogP contribution in [0.2, 0.25) is 0 Å². The number of ether oxygens (including phenoxy) is 2. The van der Waals surface area contributed by atoms with Crippen LogP contribution in [-0.2, 0) is 14.8 Å². The second kappa shape index (κ2) is 6.45. The van der Waals surface area contributed by atoms with E-state index in [1.54, 1.807) is 36.1 Å². The van der Waals surface area contributed by atoms with Gasteiger partial charge in [0.25, 0.3) is 10.0 Å². The van der Waals surface area contributed by atoms with Gasteiger partial charge in [-0.3, -0.25) is 9.10 Å². The minimum Gasteiger partial charge on any atom is -0.489 e. The highest BCUT2D eigenvalue weighted by Gasteiger charge is 2.33. The zero-order valence-electron chi connectivity index (χ0n) is 15.1. The number of carbonyl (C=O) groups excluding carboxylic acids is 1. The summed E-state index contributed by atoms with van der Waals surface area (Å²) in [5.74, 6) is 0.848. The van der Waals surface area contributed by atoms with E-state index in [4.69, 9.17) is 9.47 Å². The van der Waals surface area contributed by atoms with Crippen LogP contribution in [-0.4, -0.2) is 40.6 Å². The third kappa shape index (κ3) is 2.90. The number of benzene rings is 2. The molecule has 142 valence electrons. The number of aryl methyl sites for hydroxylation is 1. The number of hydrogen-bond donors (Lipinski definition) is 0. The number of hydrogen-bond acceptors (Lipinski definition) is 5. The third-order valence-electron chi connectivity index (χ3n) is 4.75. The highest BCUT2D eigenvalue weighted by atomic mass is 32.2. The molecule has 0 saturated heterocycles. The van der Waals surface area contributed by atoms with E-state index in [0.29, 0.717) is 41.6 Å². The Balaban J connectivity index is 1.81. The van der Waals surface area contributed by atoms with Crippen molar-refractivity contribution in [1.29, 1.82) is 0 Å². The van der Waals surface area contributed by atoms with Crippen LogP contribution in [0.3, 0.4) is 0 Å². The van der Waals surface area contributed by atoms with Crippen molar-refractivity contribution in [2.45, 2.75) is 18.7 Å². The van der Waals surface area contributed by atoms with Crippen LogP contribution in [0, 0.1) is 6.92 Å². The third-order valence-corrected chi connectivity index (χ3v) is 6.71. The number of anilines is 2. The number of fused-ring (bicyclic) bond motifs is 2. The van der Waals surface area contributed by atoms with E-state index in [1.807, 2.05) is 6.07 Å². The molecule has 2 aromatic carbocycles. The Morgan fingerprint density at radius 3 is 2.48 bits per heavy atom. The molecular formula is C19H20N2O5S. The fourth-order valence-corrected chi connectivity index (χ4v) is 5.15. The lowest BCUT2D eigenvalue weighted by atomic mass is 10.1. The van der Waals surface area contributed by atoms with Gasteiger partial charge in [0.2, 0.25) is 5.91 Å². The number of para-hydroxylation sites is 2. The summed E-state index contributed by atoms with van der Waals surface area (Å²) in [6.07, 6.45) is 0. The Morgan fingerprint density at radius 1 is 1.00 bits per heavy atom. The molecule has 0 bridgehead atoms. The predicted octanol–water partition coefficient (Wildman–Crippen LogP) is 2.33. The average molecular weight is 388 g/mol. The van der Waals surface area contributed by atoms with Gasteiger partial charge < -0.3 is 14.4 Å². The zero-order valence-corrected chi connectivity index (χ0v) is 16.0. The molecule has 2 heterocycles. The van der Waals surface area contributed by atoms with Crippen molar-refractivity contribution < 1.29 is 22.7 Å². The van der Waals surface area contributed by atoms with Crippen molar-refractivity contribution in [1.82, 2.24) is 0 Å². The second-order valence-corrected chi connectivity index (χ2v) is 8.33. The molecule has 0 aromatic heterocycles. The largest absolute Gasteiger partial charge is 0.489 e. The minimum atomic E-state index is -3.81. The van der Waals surface area contributed by atoms with Gasteiger partial charge in [-0.2, -0.15) is 0 Å². The van der Waals surface area contributed by atoms with Crippen molar-refractivity contribution >= 4 is 27.3 Å². The second-order valence-electron chi connectivity index (χ2n) is 6.50. The summed E-state index contributed by atoms with van der Waals surface area (Å²) in [5, 5.41) is 0. The maximum Gasteiger partial charge on any atom is 0.264 e. The smallest absolute Gasteiger partial charge is 0.264 e. The van der Waals surface area contributed by atoms with Crippen LogP contribution in [0.5, 0.6) is 11.5 Å². The first-order valence-corrected chi connectivity index (χ1v) is 10.1. The Morgan fingerprint density at radius 2 is 1.70 bits per heavy atom. The van der Waals surface area contributed by atoms with Gasteiger partial charge in [-0.25, -0.2) is 8.42 Å². The molecule has 7 nitrogen and oxygen atoms in total. The molecule has 0 spiro atoms. The van der Waals surface area contributed by atoms with Crippen LogP contribution in [0.25, 0.3) is 0 Å². The molecule has 0 N–H and O–H groups in total. The summed E-state index contributed by atoms with van der Waals surface area (Å²) < 4.78 is 39.4. The van der Waals surface area contributed by atoms with E-state index < -0.39 is 10.0 Å². The van der Waals surface area contributed by atoms with Crippen molar-refractivity contribution in [3.63, 3.8) is 0 Å². The molecule has 4 rings (SSSR count). The first kappa shape index (κ1) is 17.7. The van der Waals surface area contributed by atoms with Crippen LogP contribution < -0.4 is 18.7 Å². The summed E-state index contributed by atoms with van der Waals surface area (Å²) >= 11 is 0. The van der Waals surface area contributed by atoms with Crippen molar-refractivity contribution in [2.24, 2.45) is 0 Å². The molecular weight excluding hydrogens is 368 g/mol. The Bertz CT molecular complexity index is 1020. The van der Waals surface area contributed by atoms with Crippen LogP contribution in [0.15, 0.2) is 41.3 Å². The SMILES string of the molecule is CC(=O)N1CCOc2cc(S(=O)(=O)N3CCOc4ccccc43)c(C)cc21. The van der Waals surface area contributed by atoms with E-state index in [-0.39, 0.29) is 24.0 Å². The Labute approximate surface area is 158 Å². The molecule has 2 aliphatic rings. The van der Waals surface area contributed by atoms with Gasteiger partial charge >= 0.3 is 0 Å². The highest BCUT2D eigenvalue weighted by molar-refractivity contribution is 7.92. The highest BCUT2D eigenvalue weighted by Crippen LogP contribution is 2.40. The minimum absolute atomic E-state index is 0.100. The summed E-state index contributed by atoms with van der Waals surface area (Å²) in [7, 11) is -3.81. The first-order chi connectivity index (χ1) is 12.9. The molecule has 27 heavy (non-hydrogen) atoms. The van der Waals surface area contributed by atoms with E-state index in [9.17, 15) is 13.2 Å². The average Bonchev–Trinajstić information content (AvgIpc) is 2.66. The molecule has 0 atom stereocenters. The monoisotopic (exact) mass is 388 g/mol. The van der Waals surface area contributed by atoms with Crippen LogP contribution in [0.4, 0.5) is 11.4 Å². The molecule has 0 fully saturated rings. The summed E-state index contributed by atoms with van der Waals surface area (Å²) in [6.45, 7) is 4.51. The fourth-order valence-electron chi connectivity index (χ4n) is 3.47. The molecule has 2 aliphatic heterocycles. The van der Waals surface area contributed by atoms with Gasteiger partial charge in [-0.1, -0.05) is 12.1 Å². The molecule has 1 amide bonds. The van der Waals surface area contributed by atoms with E-state index in [0.717, 1.165) is 0 Å². The van der Waals surface area contributed by atoms with Crippen molar-refractivity contribution in [2.75, 3.05) is 35.5 Å². The molecule has 8 heteroatoms. The molecule has 0 radical (unpaired) electrons. The molecule has 0 aliphatic carbocycles. The topological polar surface area (TPSA) is 76.2 Å². The maximum atomic E-state index is 13.4. The number of sulfonamides is 1. The Kier molecular flexibility index (Phi) is 4.22. The number of nitrogens with zero attached hydrogens (tertiary/aromatic N) is 2. The van der Waals surface area contributed by atoms with Crippen LogP contribution in [0.1, 0.15) is 12.5 Å². The summed E-state index contributed by atoms with van der Waals surface area (Å²) in [6, 6.07) is 10.3. The predicted molar refractivity (Wildman–Crippen MR) is 101 cm³/mol. The zero-order chi connectivity index (χ0) is 19.2. The lowest BCUT2D eigenvalue weighted by molar-refractivity contribution is -0.116. The van der Waals surface area contributed by atoms with Crippen molar-refractivity contribution in [3.05, 3.63) is 42.0 Å². The molecule has 0 unspecified atom stereocenters. The molecule has 0 saturated carbocycles. The molecule has 2 aromatic rings. The fraction of sp³-hybridized carbons (Fsp3) is 0.316. The van der Waals surface area contributed by atoms with Crippen molar-refractivity contribution in [3.8, 4) is 11.5 Å². The van der Waals surface area contributed by atoms with Gasteiger partial charge in [0.1, 0.15) is 24.7 Å².